The SMILES string of the molecule is CC1(C)OB(c2cn[nH]c2)OC1(C)C.CNC(=O)Cn1cc(-c2ccc3c(n2)[nH]c2ccncc23)cn1.CNC(=O)Cn1cc(-c2ccc3c4cnccc4n(COCC[Si](C)(C)C)c3n2)cn1.C[Si](C)(C)CCOCn1c2ccncc2c2ccc(-c3cn[nH]c3)nc21.C[Si](C)(C)CCOCn1c2ccncc2c2ccc(Cl)nc21. The van der Waals surface area contributed by atoms with Gasteiger partial charge in [0.1, 0.15) is 61.0 Å². The summed E-state index contributed by atoms with van der Waals surface area (Å²) >= 11 is 6.06. The number of pyridine rings is 8. The molecule has 0 aromatic carbocycles. The van der Waals surface area contributed by atoms with Crippen LogP contribution in [0.1, 0.15) is 27.7 Å². The Kier molecular flexibility index (Phi) is 25.5. The van der Waals surface area contributed by atoms with E-state index in [0.717, 1.165) is 165 Å². The number of fused-ring (bicyclic) bond motifs is 12. The van der Waals surface area contributed by atoms with E-state index >= 15 is 0 Å². The number of hydrogen-bond donors (Lipinski definition) is 5. The Morgan fingerprint density at radius 1 is 0.466 bits per heavy atom. The van der Waals surface area contributed by atoms with E-state index in [1.165, 1.54) is 0 Å². The van der Waals surface area contributed by atoms with Crippen LogP contribution in [0.4, 0.5) is 0 Å². The molecule has 17 rings (SSSR count). The van der Waals surface area contributed by atoms with Crippen molar-refractivity contribution < 1.29 is 33.1 Å². The fraction of sp³-hybridized carbons (Fsp3) is 0.341. The minimum Gasteiger partial charge on any atom is -0.399 e. The van der Waals surface area contributed by atoms with E-state index in [2.05, 4.69) is 161 Å². The van der Waals surface area contributed by atoms with Crippen molar-refractivity contribution in [2.45, 2.75) is 149 Å². The van der Waals surface area contributed by atoms with Gasteiger partial charge >= 0.3 is 7.12 Å². The molecule has 1 fully saturated rings. The molecular weight excluding hydrogens is 1540 g/mol. The summed E-state index contributed by atoms with van der Waals surface area (Å²) in [7, 11) is -0.418. The number of nitrogens with one attached hydrogen (secondary N) is 5. The Morgan fingerprint density at radius 3 is 1.30 bits per heavy atom. The predicted octanol–water partition coefficient (Wildman–Crippen LogP) is 14.8. The van der Waals surface area contributed by atoms with Gasteiger partial charge in [-0.15, -0.1) is 0 Å². The summed E-state index contributed by atoms with van der Waals surface area (Å²) in [5, 5.41) is 36.2. The molecule has 0 saturated carbocycles. The molecule has 2 amide bonds. The van der Waals surface area contributed by atoms with Crippen molar-refractivity contribution in [1.82, 2.24) is 109 Å². The zero-order valence-electron chi connectivity index (χ0n) is 68.4. The quantitative estimate of drug-likeness (QED) is 0.0226. The van der Waals surface area contributed by atoms with Gasteiger partial charge in [0.25, 0.3) is 0 Å². The third kappa shape index (κ3) is 19.9. The third-order valence-electron chi connectivity index (χ3n) is 20.3. The lowest BCUT2D eigenvalue weighted by molar-refractivity contribution is -0.122. The molecule has 0 spiro atoms. The number of aromatic nitrogens is 20. The molecule has 34 heteroatoms. The second-order valence-corrected chi connectivity index (χ2v) is 50.3. The normalized spacial score (nSPS) is 13.4. The van der Waals surface area contributed by atoms with Gasteiger partial charge in [0.15, 0.2) is 0 Å². The van der Waals surface area contributed by atoms with Gasteiger partial charge in [0.05, 0.1) is 68.9 Å². The maximum Gasteiger partial charge on any atom is 0.498 e. The lowest BCUT2D eigenvalue weighted by Crippen LogP contribution is -2.41. The van der Waals surface area contributed by atoms with E-state index in [-0.39, 0.29) is 43.2 Å². The largest absolute Gasteiger partial charge is 0.498 e. The number of ether oxygens (including phenoxy) is 3. The molecule has 0 atom stereocenters. The van der Waals surface area contributed by atoms with Crippen LogP contribution >= 0.6 is 11.6 Å². The van der Waals surface area contributed by atoms with E-state index in [1.54, 1.807) is 73.0 Å². The summed E-state index contributed by atoms with van der Waals surface area (Å²) in [6, 6.07) is 27.3. The first kappa shape index (κ1) is 82.9. The first-order valence-corrected chi connectivity index (χ1v) is 50.1. The van der Waals surface area contributed by atoms with E-state index in [1.807, 2.05) is 138 Å². The first-order chi connectivity index (χ1) is 55.5. The molecule has 16 aromatic rings. The first-order valence-electron chi connectivity index (χ1n) is 38.6. The monoisotopic (exact) mass is 1630 g/mol. The Morgan fingerprint density at radius 2 is 0.871 bits per heavy atom. The molecule has 1 aliphatic rings. The summed E-state index contributed by atoms with van der Waals surface area (Å²) in [5.74, 6) is -0.188. The zero-order valence-corrected chi connectivity index (χ0v) is 72.1. The van der Waals surface area contributed by atoms with Crippen LogP contribution < -0.4 is 16.1 Å². The van der Waals surface area contributed by atoms with Gasteiger partial charge in [-0.05, 0) is 119 Å². The van der Waals surface area contributed by atoms with E-state index in [9.17, 15) is 9.59 Å². The van der Waals surface area contributed by atoms with Crippen molar-refractivity contribution in [3.05, 3.63) is 177 Å². The van der Waals surface area contributed by atoms with Gasteiger partial charge in [0.2, 0.25) is 11.8 Å². The van der Waals surface area contributed by atoms with Crippen LogP contribution in [0.2, 0.25) is 82.2 Å². The van der Waals surface area contributed by atoms with Gasteiger partial charge in [0, 0.05) is 204 Å². The second-order valence-electron chi connectivity index (χ2n) is 33.1. The van der Waals surface area contributed by atoms with Crippen LogP contribution in [0.3, 0.4) is 0 Å². The fourth-order valence-corrected chi connectivity index (χ4v) is 15.3. The Hall–Kier alpha value is -11.0. The average molecular weight is 1640 g/mol. The van der Waals surface area contributed by atoms with Crippen LogP contribution in [-0.2, 0) is 66.4 Å². The third-order valence-corrected chi connectivity index (χ3v) is 25.6. The zero-order chi connectivity index (χ0) is 82.1. The number of nitrogens with zero attached hydrogens (tertiary/aromatic N) is 17. The highest BCUT2D eigenvalue weighted by Gasteiger charge is 2.52. The standard InChI is InChI=1S/C22H28N6O2Si.C19H23N5OSi.C16H20ClN3OSi.C16H14N6O.C9H15BN2O2/c1-23-21(29)14-27-13-16(11-25-27)19-6-5-17-18-12-24-8-7-20(18)28(22(17)26-19)15-30-9-10-31(2,3)4;1-26(2,3)9-8-25-13-24-18-6-7-20-12-16(18)15-4-5-17(23-19(15)24)14-10-21-22-11-14;1-22(2,3)9-8-21-11-20-14-6-7-18-10-13(14)12-4-5-15(17)19-16(12)20;1-17-15(23)9-22-8-10(6-19-22)13-3-2-11-12-7-18-5-4-14(12)21-16(11)20-13;1-8(2)9(3,4)14-10(13-8)7-5-11-12-6-7/h5-8,11-13H,9-10,14-15H2,1-4H3,(H,23,29);4-7,10-12H,8-9,13H2,1-3H3,(H,21,22);4-7,10H,8-9,11H2,1-3H3;2-8H,9H2,1H3,(H,17,23)(H,20,21);5-6H,1-4H3,(H,11,12). The number of amides is 2. The van der Waals surface area contributed by atoms with Crippen LogP contribution in [0.15, 0.2) is 172 Å². The van der Waals surface area contributed by atoms with Crippen LogP contribution in [-0.4, -0.2) is 187 Å². The molecule has 602 valence electrons. The molecule has 116 heavy (non-hydrogen) atoms. The van der Waals surface area contributed by atoms with Gasteiger partial charge in [-0.3, -0.25) is 49.1 Å². The van der Waals surface area contributed by atoms with Crippen LogP contribution in [0, 0.1) is 0 Å². The van der Waals surface area contributed by atoms with Crippen molar-refractivity contribution in [3.63, 3.8) is 0 Å². The maximum absolute atomic E-state index is 11.6. The molecular formula is C82H100BClN22O7Si3. The topological polar surface area (TPSA) is 331 Å². The Labute approximate surface area is 680 Å². The molecule has 1 aliphatic heterocycles. The van der Waals surface area contributed by atoms with E-state index < -0.39 is 24.2 Å². The molecule has 29 nitrogen and oxygen atoms in total. The van der Waals surface area contributed by atoms with Crippen molar-refractivity contribution in [1.29, 1.82) is 0 Å². The van der Waals surface area contributed by atoms with Gasteiger partial charge in [-0.2, -0.15) is 20.4 Å². The highest BCUT2D eigenvalue weighted by molar-refractivity contribution is 6.76. The molecule has 5 N–H and O–H groups in total. The van der Waals surface area contributed by atoms with Gasteiger partial charge < -0.3 is 52.8 Å². The number of aromatic amines is 3. The van der Waals surface area contributed by atoms with Crippen molar-refractivity contribution in [3.8, 4) is 33.8 Å². The number of carbonyl (C=O) groups excluding carboxylic acids is 2. The second kappa shape index (κ2) is 35.6. The lowest BCUT2D eigenvalue weighted by atomic mass is 9.82. The van der Waals surface area contributed by atoms with Crippen molar-refractivity contribution in [2.75, 3.05) is 33.9 Å². The van der Waals surface area contributed by atoms with Crippen LogP contribution in [0.25, 0.3) is 122 Å². The summed E-state index contributed by atoms with van der Waals surface area (Å²) in [6.07, 6.45) is 28.9. The number of carbonyl (C=O) groups is 2. The molecule has 16 aromatic heterocycles. The highest BCUT2D eigenvalue weighted by Crippen LogP contribution is 2.38. The number of hydrogen-bond acceptors (Lipinski definition) is 19. The Bertz CT molecular complexity index is 6040. The van der Waals surface area contributed by atoms with Gasteiger partial charge in [-0.1, -0.05) is 70.5 Å². The van der Waals surface area contributed by atoms with Crippen LogP contribution in [0.5, 0.6) is 0 Å². The number of halogens is 1. The summed E-state index contributed by atoms with van der Waals surface area (Å²) < 4.78 is 39.1. The Balaban J connectivity index is 0.000000128. The smallest absolute Gasteiger partial charge is 0.399 e. The number of rotatable bonds is 23. The molecule has 0 unspecified atom stereocenters. The summed E-state index contributed by atoms with van der Waals surface area (Å²) in [4.78, 5) is 62.2. The van der Waals surface area contributed by atoms with Crippen molar-refractivity contribution in [2.24, 2.45) is 0 Å². The summed E-state index contributed by atoms with van der Waals surface area (Å²) in [6.45, 7) is 33.4. The number of H-pyrrole nitrogens is 3. The summed E-state index contributed by atoms with van der Waals surface area (Å²) in [5.41, 5.74) is 13.2. The van der Waals surface area contributed by atoms with Crippen molar-refractivity contribution >= 4 is 148 Å². The lowest BCUT2D eigenvalue weighted by Gasteiger charge is -2.32. The highest BCUT2D eigenvalue weighted by atomic mass is 35.5. The average Bonchev–Trinajstić information content (AvgIpc) is 1.61. The predicted molar refractivity (Wildman–Crippen MR) is 466 cm³/mol. The molecule has 1 saturated heterocycles. The number of likely N-dealkylation sites (N-methyl/N-ethyl adjacent to an activating group) is 2. The fourth-order valence-electron chi connectivity index (χ4n) is 12.9. The minimum atomic E-state index is -1.15. The minimum absolute atomic E-state index is 0.0915. The molecule has 0 radical (unpaired) electrons. The van der Waals surface area contributed by atoms with E-state index in [0.29, 0.717) is 25.3 Å². The molecule has 0 bridgehead atoms. The molecule has 17 heterocycles. The maximum atomic E-state index is 11.6. The molecule has 0 aliphatic carbocycles. The van der Waals surface area contributed by atoms with Gasteiger partial charge in [-0.25, -0.2) is 19.9 Å². The van der Waals surface area contributed by atoms with E-state index in [4.69, 9.17) is 45.1 Å².